The monoisotopic (exact) mass is 607 g/mol. The van der Waals surface area contributed by atoms with Crippen LogP contribution in [-0.2, 0) is 14.9 Å². The van der Waals surface area contributed by atoms with Gasteiger partial charge in [0.2, 0.25) is 0 Å². The van der Waals surface area contributed by atoms with E-state index in [1.54, 1.807) is 48.5 Å². The molecule has 0 bridgehead atoms. The smallest absolute Gasteiger partial charge is 0.339 e. The first-order valence-corrected chi connectivity index (χ1v) is 14.0. The highest BCUT2D eigenvalue weighted by Crippen LogP contribution is 2.35. The molecule has 0 spiro atoms. The van der Waals surface area contributed by atoms with Crippen LogP contribution in [0.25, 0.3) is 6.08 Å². The lowest BCUT2D eigenvalue weighted by molar-refractivity contribution is -0.123. The minimum absolute atomic E-state index is 0.00276. The van der Waals surface area contributed by atoms with Gasteiger partial charge in [0.05, 0.1) is 11.4 Å². The average molecular weight is 609 g/mol. The molecule has 0 N–H and O–H groups in total. The van der Waals surface area contributed by atoms with E-state index in [1.165, 1.54) is 24.3 Å². The summed E-state index contributed by atoms with van der Waals surface area (Å²) in [6.07, 6.45) is 1.44. The highest BCUT2D eigenvalue weighted by atomic mass is 79.9. The van der Waals surface area contributed by atoms with Gasteiger partial charge in [-0.15, -0.1) is 0 Å². The molecule has 2 amide bonds. The van der Waals surface area contributed by atoms with E-state index in [-0.39, 0.29) is 28.7 Å². The first-order chi connectivity index (χ1) is 17.1. The van der Waals surface area contributed by atoms with Crippen LogP contribution < -0.4 is 8.92 Å². The maximum atomic E-state index is 12.9. The molecule has 4 rings (SSSR count). The van der Waals surface area contributed by atoms with E-state index in [9.17, 15) is 18.0 Å². The predicted molar refractivity (Wildman–Crippen MR) is 143 cm³/mol. The minimum Gasteiger partial charge on any atom is -0.492 e. The second-order valence-electron chi connectivity index (χ2n) is 7.67. The number of imide groups is 1. The summed E-state index contributed by atoms with van der Waals surface area (Å²) in [5.41, 5.74) is 1.23. The molecule has 0 unspecified atom stereocenters. The molecule has 0 atom stereocenters. The number of hydrogen-bond donors (Lipinski definition) is 0. The quantitative estimate of drug-likeness (QED) is 0.219. The van der Waals surface area contributed by atoms with Gasteiger partial charge in [0.15, 0.2) is 0 Å². The van der Waals surface area contributed by atoms with Crippen molar-refractivity contribution in [3.8, 4) is 11.5 Å². The van der Waals surface area contributed by atoms with E-state index in [0.717, 1.165) is 22.2 Å². The van der Waals surface area contributed by atoms with Crippen LogP contribution in [0.1, 0.15) is 11.1 Å². The molecule has 186 valence electrons. The molecule has 7 nitrogen and oxygen atoms in total. The van der Waals surface area contributed by atoms with Gasteiger partial charge in [-0.3, -0.25) is 14.5 Å². The molecular formula is C25H19BrClNO6S2. The SMILES string of the molecule is Cc1ccc(S(=O)(=O)Oc2ccc(Br)cc2/C=C2\SC(=O)N(CCOc3ccc(Cl)cc3)C2=O)cc1. The fourth-order valence-electron chi connectivity index (χ4n) is 3.20. The topological polar surface area (TPSA) is 90.0 Å². The Balaban J connectivity index is 1.51. The van der Waals surface area contributed by atoms with Crippen molar-refractivity contribution in [3.63, 3.8) is 0 Å². The summed E-state index contributed by atoms with van der Waals surface area (Å²) in [4.78, 5) is 26.6. The van der Waals surface area contributed by atoms with Crippen molar-refractivity contribution in [3.05, 3.63) is 92.3 Å². The normalized spacial score (nSPS) is 15.0. The zero-order valence-electron chi connectivity index (χ0n) is 18.8. The number of nitrogens with zero attached hydrogens (tertiary/aromatic N) is 1. The van der Waals surface area contributed by atoms with Crippen molar-refractivity contribution in [2.45, 2.75) is 11.8 Å². The van der Waals surface area contributed by atoms with Crippen molar-refractivity contribution >= 4 is 66.6 Å². The summed E-state index contributed by atoms with van der Waals surface area (Å²) >= 11 is 9.97. The predicted octanol–water partition coefficient (Wildman–Crippen LogP) is 6.29. The summed E-state index contributed by atoms with van der Waals surface area (Å²) in [5.74, 6) is 0.0845. The number of amides is 2. The molecule has 1 saturated heterocycles. The molecule has 3 aromatic rings. The van der Waals surface area contributed by atoms with Crippen LogP contribution in [0.15, 0.2) is 81.0 Å². The molecule has 1 fully saturated rings. The van der Waals surface area contributed by atoms with Crippen molar-refractivity contribution < 1.29 is 26.9 Å². The second-order valence-corrected chi connectivity index (χ2v) is 11.6. The molecule has 0 aromatic heterocycles. The number of thioether (sulfide) groups is 1. The van der Waals surface area contributed by atoms with E-state index in [4.69, 9.17) is 20.5 Å². The second kappa shape index (κ2) is 11.1. The summed E-state index contributed by atoms with van der Waals surface area (Å²) in [6, 6.07) is 17.7. The third kappa shape index (κ3) is 6.31. The van der Waals surface area contributed by atoms with Gasteiger partial charge in [-0.1, -0.05) is 45.2 Å². The van der Waals surface area contributed by atoms with Crippen LogP contribution in [0.3, 0.4) is 0 Å². The van der Waals surface area contributed by atoms with Crippen molar-refractivity contribution in [2.24, 2.45) is 0 Å². The van der Waals surface area contributed by atoms with Gasteiger partial charge in [0, 0.05) is 15.1 Å². The Labute approximate surface area is 226 Å². The Morgan fingerprint density at radius 3 is 2.42 bits per heavy atom. The highest BCUT2D eigenvalue weighted by molar-refractivity contribution is 9.10. The van der Waals surface area contributed by atoms with Crippen LogP contribution in [0.4, 0.5) is 4.79 Å². The molecule has 0 saturated carbocycles. The fraction of sp³-hybridized carbons (Fsp3) is 0.120. The third-order valence-corrected chi connectivity index (χ3v) is 7.94. The third-order valence-electron chi connectivity index (χ3n) is 5.04. The van der Waals surface area contributed by atoms with Crippen molar-refractivity contribution in [2.75, 3.05) is 13.2 Å². The van der Waals surface area contributed by atoms with E-state index in [0.29, 0.717) is 20.8 Å². The van der Waals surface area contributed by atoms with Crippen molar-refractivity contribution in [1.29, 1.82) is 0 Å². The number of rotatable bonds is 8. The van der Waals surface area contributed by atoms with Gasteiger partial charge < -0.3 is 8.92 Å². The minimum atomic E-state index is -4.11. The number of aryl methyl sites for hydroxylation is 1. The largest absolute Gasteiger partial charge is 0.492 e. The Morgan fingerprint density at radius 1 is 1.03 bits per heavy atom. The number of halogens is 2. The lowest BCUT2D eigenvalue weighted by atomic mass is 10.2. The van der Waals surface area contributed by atoms with Gasteiger partial charge in [-0.05, 0) is 79.4 Å². The summed E-state index contributed by atoms with van der Waals surface area (Å²) < 4.78 is 37.2. The number of ether oxygens (including phenoxy) is 1. The van der Waals surface area contributed by atoms with Gasteiger partial charge in [0.25, 0.3) is 11.1 Å². The van der Waals surface area contributed by atoms with E-state index in [2.05, 4.69) is 15.9 Å². The van der Waals surface area contributed by atoms with Gasteiger partial charge in [-0.25, -0.2) is 0 Å². The lowest BCUT2D eigenvalue weighted by Crippen LogP contribution is -2.32. The zero-order valence-corrected chi connectivity index (χ0v) is 22.8. The Kier molecular flexibility index (Phi) is 8.09. The van der Waals surface area contributed by atoms with Gasteiger partial charge in [0.1, 0.15) is 23.0 Å². The maximum Gasteiger partial charge on any atom is 0.339 e. The average Bonchev–Trinajstić information content (AvgIpc) is 3.09. The first kappa shape index (κ1) is 26.3. The Morgan fingerprint density at radius 2 is 1.72 bits per heavy atom. The standard InChI is InChI=1S/C25H19BrClNO6S2/c1-16-2-9-21(10-3-16)36(31,32)34-22-11-4-18(26)14-17(22)15-23-24(29)28(25(30)35-23)12-13-33-20-7-5-19(27)6-8-20/h2-11,14-15H,12-13H2,1H3/b23-15-. The number of carbonyl (C=O) groups excluding carboxylic acids is 2. The van der Waals surface area contributed by atoms with Crippen LogP contribution in [0.2, 0.25) is 5.02 Å². The molecule has 0 aliphatic carbocycles. The summed E-state index contributed by atoms with van der Waals surface area (Å²) in [5, 5.41) is 0.122. The highest BCUT2D eigenvalue weighted by Gasteiger charge is 2.35. The number of hydrogen-bond acceptors (Lipinski definition) is 7. The zero-order chi connectivity index (χ0) is 25.9. The van der Waals surface area contributed by atoms with Crippen LogP contribution >= 0.6 is 39.3 Å². The molecule has 3 aromatic carbocycles. The number of carbonyl (C=O) groups is 2. The molecule has 1 aliphatic rings. The molecule has 1 heterocycles. The Bertz CT molecular complexity index is 1440. The van der Waals surface area contributed by atoms with E-state index in [1.807, 2.05) is 6.92 Å². The first-order valence-electron chi connectivity index (χ1n) is 10.6. The summed E-state index contributed by atoms with van der Waals surface area (Å²) in [6.45, 7) is 2.00. The van der Waals surface area contributed by atoms with Gasteiger partial charge >= 0.3 is 10.1 Å². The molecule has 36 heavy (non-hydrogen) atoms. The molecule has 0 radical (unpaired) electrons. The number of benzene rings is 3. The molecule has 1 aliphatic heterocycles. The lowest BCUT2D eigenvalue weighted by Gasteiger charge is -2.13. The summed E-state index contributed by atoms with van der Waals surface area (Å²) in [7, 11) is -4.11. The molecule has 11 heteroatoms. The van der Waals surface area contributed by atoms with Gasteiger partial charge in [-0.2, -0.15) is 8.42 Å². The fourth-order valence-corrected chi connectivity index (χ4v) is 5.51. The molecular weight excluding hydrogens is 590 g/mol. The van der Waals surface area contributed by atoms with E-state index < -0.39 is 21.3 Å². The Hall–Kier alpha value is -2.79. The van der Waals surface area contributed by atoms with E-state index >= 15 is 0 Å². The van der Waals surface area contributed by atoms with Crippen LogP contribution in [0.5, 0.6) is 11.5 Å². The van der Waals surface area contributed by atoms with Crippen LogP contribution in [-0.4, -0.2) is 37.6 Å². The van der Waals surface area contributed by atoms with Crippen LogP contribution in [0, 0.1) is 6.92 Å². The maximum absolute atomic E-state index is 12.9. The van der Waals surface area contributed by atoms with Crippen molar-refractivity contribution in [1.82, 2.24) is 4.90 Å².